The van der Waals surface area contributed by atoms with Gasteiger partial charge in [0.15, 0.2) is 0 Å². The molecule has 0 aliphatic carbocycles. The van der Waals surface area contributed by atoms with E-state index >= 15 is 0 Å². The molecule has 1 aromatic carbocycles. The molecule has 29 heavy (non-hydrogen) atoms. The number of hydrogen-bond acceptors (Lipinski definition) is 6. The minimum atomic E-state index is -0.339. The highest BCUT2D eigenvalue weighted by molar-refractivity contribution is 7.13. The first-order valence-corrected chi connectivity index (χ1v) is 10.3. The molecule has 0 radical (unpaired) electrons. The van der Waals surface area contributed by atoms with E-state index in [1.807, 2.05) is 24.3 Å². The highest BCUT2D eigenvalue weighted by Crippen LogP contribution is 2.26. The lowest BCUT2D eigenvalue weighted by atomic mass is 10.2. The van der Waals surface area contributed by atoms with E-state index in [0.29, 0.717) is 13.1 Å². The van der Waals surface area contributed by atoms with Crippen molar-refractivity contribution in [1.29, 1.82) is 0 Å². The molecule has 0 bridgehead atoms. The van der Waals surface area contributed by atoms with E-state index in [0.717, 1.165) is 41.6 Å². The highest BCUT2D eigenvalue weighted by atomic mass is 32.1. The summed E-state index contributed by atoms with van der Waals surface area (Å²) in [5, 5.41) is 3.07. The molecule has 1 amide bonds. The highest BCUT2D eigenvalue weighted by Gasteiger charge is 2.24. The number of aromatic amines is 1. The molecule has 1 fully saturated rings. The fourth-order valence-corrected chi connectivity index (χ4v) is 4.16. The summed E-state index contributed by atoms with van der Waals surface area (Å²) in [4.78, 5) is 35.7. The van der Waals surface area contributed by atoms with Gasteiger partial charge in [0.25, 0.3) is 11.5 Å². The van der Waals surface area contributed by atoms with Gasteiger partial charge in [-0.1, -0.05) is 0 Å². The molecule has 8 heteroatoms. The Bertz CT molecular complexity index is 1040. The number of piperazine rings is 1. The standard InChI is InChI=1S/C21H22N4O3S/c1-28-17-6-4-15(5-7-17)20-23-16(14-29-20)13-24-9-11-25(12-10-24)21(27)18-3-2-8-22-19(18)26/h2-8,14H,9-13H2,1H3,(H,22,26). The summed E-state index contributed by atoms with van der Waals surface area (Å²) in [5.41, 5.74) is 1.96. The van der Waals surface area contributed by atoms with Crippen LogP contribution in [0, 0.1) is 0 Å². The van der Waals surface area contributed by atoms with Gasteiger partial charge in [-0.25, -0.2) is 4.98 Å². The third-order valence-electron chi connectivity index (χ3n) is 4.98. The average Bonchev–Trinajstić information content (AvgIpc) is 3.23. The maximum absolute atomic E-state index is 12.6. The SMILES string of the molecule is COc1ccc(-c2nc(CN3CCN(C(=O)c4ccc[nH]c4=O)CC3)cs2)cc1. The zero-order valence-electron chi connectivity index (χ0n) is 16.1. The van der Waals surface area contributed by atoms with Gasteiger partial charge in [-0.2, -0.15) is 0 Å². The first-order valence-electron chi connectivity index (χ1n) is 9.42. The number of aromatic nitrogens is 2. The lowest BCUT2D eigenvalue weighted by Crippen LogP contribution is -2.49. The molecule has 0 atom stereocenters. The summed E-state index contributed by atoms with van der Waals surface area (Å²) < 4.78 is 5.20. The van der Waals surface area contributed by atoms with Crippen LogP contribution in [-0.2, 0) is 6.54 Å². The number of carbonyl (C=O) groups excluding carboxylic acids is 1. The maximum Gasteiger partial charge on any atom is 0.260 e. The van der Waals surface area contributed by atoms with Crippen molar-refractivity contribution in [1.82, 2.24) is 19.8 Å². The molecular formula is C21H22N4O3S. The van der Waals surface area contributed by atoms with Gasteiger partial charge in [0, 0.05) is 49.9 Å². The third kappa shape index (κ3) is 4.38. The summed E-state index contributed by atoms with van der Waals surface area (Å²) in [6.45, 7) is 3.46. The van der Waals surface area contributed by atoms with Crippen molar-refractivity contribution in [2.75, 3.05) is 33.3 Å². The van der Waals surface area contributed by atoms with Crippen molar-refractivity contribution in [3.8, 4) is 16.3 Å². The number of rotatable bonds is 5. The second-order valence-corrected chi connectivity index (χ2v) is 7.71. The van der Waals surface area contributed by atoms with E-state index in [1.54, 1.807) is 35.5 Å². The van der Waals surface area contributed by atoms with Crippen molar-refractivity contribution in [2.24, 2.45) is 0 Å². The van der Waals surface area contributed by atoms with Gasteiger partial charge in [0.2, 0.25) is 0 Å². The average molecular weight is 410 g/mol. The molecule has 0 unspecified atom stereocenters. The summed E-state index contributed by atoms with van der Waals surface area (Å²) in [5.74, 6) is 0.623. The van der Waals surface area contributed by atoms with Gasteiger partial charge in [-0.3, -0.25) is 14.5 Å². The molecule has 1 aliphatic rings. The molecule has 2 aromatic heterocycles. The Balaban J connectivity index is 1.34. The molecular weight excluding hydrogens is 388 g/mol. The number of nitrogens with zero attached hydrogens (tertiary/aromatic N) is 3. The Hall–Kier alpha value is -2.97. The second-order valence-electron chi connectivity index (χ2n) is 6.85. The van der Waals surface area contributed by atoms with Gasteiger partial charge < -0.3 is 14.6 Å². The van der Waals surface area contributed by atoms with Crippen LogP contribution in [0.25, 0.3) is 10.6 Å². The molecule has 0 spiro atoms. The number of carbonyl (C=O) groups is 1. The third-order valence-corrected chi connectivity index (χ3v) is 5.92. The fourth-order valence-electron chi connectivity index (χ4n) is 3.34. The van der Waals surface area contributed by atoms with Gasteiger partial charge >= 0.3 is 0 Å². The number of ether oxygens (including phenoxy) is 1. The molecule has 150 valence electrons. The predicted octanol–water partition coefficient (Wildman–Crippen LogP) is 2.47. The zero-order chi connectivity index (χ0) is 20.2. The number of benzene rings is 1. The first kappa shape index (κ1) is 19.4. The number of amides is 1. The Morgan fingerprint density at radius 2 is 1.93 bits per heavy atom. The normalized spacial score (nSPS) is 14.7. The fraction of sp³-hybridized carbons (Fsp3) is 0.286. The summed E-state index contributed by atoms with van der Waals surface area (Å²) in [6.07, 6.45) is 1.53. The monoisotopic (exact) mass is 410 g/mol. The largest absolute Gasteiger partial charge is 0.497 e. The topological polar surface area (TPSA) is 78.5 Å². The van der Waals surface area contributed by atoms with Crippen LogP contribution in [0.2, 0.25) is 0 Å². The van der Waals surface area contributed by atoms with Gasteiger partial charge in [-0.05, 0) is 36.4 Å². The van der Waals surface area contributed by atoms with Gasteiger partial charge in [-0.15, -0.1) is 11.3 Å². The Labute approximate surface area is 172 Å². The maximum atomic E-state index is 12.6. The van der Waals surface area contributed by atoms with Crippen LogP contribution in [0.3, 0.4) is 0 Å². The Morgan fingerprint density at radius 1 is 1.17 bits per heavy atom. The van der Waals surface area contributed by atoms with E-state index in [-0.39, 0.29) is 17.0 Å². The summed E-state index contributed by atoms with van der Waals surface area (Å²) >= 11 is 1.63. The number of thiazole rings is 1. The molecule has 7 nitrogen and oxygen atoms in total. The number of nitrogens with one attached hydrogen (secondary N) is 1. The van der Waals surface area contributed by atoms with Crippen LogP contribution < -0.4 is 10.3 Å². The van der Waals surface area contributed by atoms with Crippen LogP contribution >= 0.6 is 11.3 Å². The molecule has 1 N–H and O–H groups in total. The van der Waals surface area contributed by atoms with Crippen LogP contribution in [-0.4, -0.2) is 59.0 Å². The minimum Gasteiger partial charge on any atom is -0.497 e. The first-order chi connectivity index (χ1) is 14.1. The molecule has 0 saturated carbocycles. The second kappa shape index (κ2) is 8.59. The Morgan fingerprint density at radius 3 is 2.62 bits per heavy atom. The molecule has 4 rings (SSSR count). The molecule has 3 heterocycles. The van der Waals surface area contributed by atoms with Crippen molar-refractivity contribution in [3.05, 3.63) is 69.6 Å². The van der Waals surface area contributed by atoms with Gasteiger partial charge in [0.1, 0.15) is 16.3 Å². The number of hydrogen-bond donors (Lipinski definition) is 1. The zero-order valence-corrected chi connectivity index (χ0v) is 16.9. The minimum absolute atomic E-state index is 0.199. The van der Waals surface area contributed by atoms with E-state index in [2.05, 4.69) is 15.3 Å². The summed E-state index contributed by atoms with van der Waals surface area (Å²) in [6, 6.07) is 11.1. The van der Waals surface area contributed by atoms with E-state index < -0.39 is 0 Å². The van der Waals surface area contributed by atoms with Crippen molar-refractivity contribution in [3.63, 3.8) is 0 Å². The van der Waals surface area contributed by atoms with Crippen molar-refractivity contribution >= 4 is 17.2 Å². The quantitative estimate of drug-likeness (QED) is 0.699. The number of methoxy groups -OCH3 is 1. The molecule has 1 saturated heterocycles. The lowest BCUT2D eigenvalue weighted by Gasteiger charge is -2.34. The summed E-state index contributed by atoms with van der Waals surface area (Å²) in [7, 11) is 1.65. The number of pyridine rings is 1. The van der Waals surface area contributed by atoms with Crippen LogP contribution in [0.4, 0.5) is 0 Å². The van der Waals surface area contributed by atoms with E-state index in [1.165, 1.54) is 6.20 Å². The lowest BCUT2D eigenvalue weighted by molar-refractivity contribution is 0.0625. The van der Waals surface area contributed by atoms with E-state index in [4.69, 9.17) is 9.72 Å². The van der Waals surface area contributed by atoms with Crippen LogP contribution in [0.15, 0.2) is 52.8 Å². The molecule has 3 aromatic rings. The predicted molar refractivity (Wildman–Crippen MR) is 112 cm³/mol. The van der Waals surface area contributed by atoms with Crippen LogP contribution in [0.1, 0.15) is 16.1 Å². The van der Waals surface area contributed by atoms with Crippen molar-refractivity contribution < 1.29 is 9.53 Å². The van der Waals surface area contributed by atoms with Crippen molar-refractivity contribution in [2.45, 2.75) is 6.54 Å². The molecule has 1 aliphatic heterocycles. The van der Waals surface area contributed by atoms with Crippen LogP contribution in [0.5, 0.6) is 5.75 Å². The Kier molecular flexibility index (Phi) is 5.73. The smallest absolute Gasteiger partial charge is 0.260 e. The number of H-pyrrole nitrogens is 1. The van der Waals surface area contributed by atoms with Gasteiger partial charge in [0.05, 0.1) is 12.8 Å². The van der Waals surface area contributed by atoms with E-state index in [9.17, 15) is 9.59 Å².